The minimum atomic E-state index is -2.34. The summed E-state index contributed by atoms with van der Waals surface area (Å²) in [5.74, 6) is -0.0765. The predicted molar refractivity (Wildman–Crippen MR) is 68.1 cm³/mol. The third-order valence-corrected chi connectivity index (χ3v) is 3.78. The molecule has 0 bridgehead atoms. The molecule has 0 radical (unpaired) electrons. The molecule has 0 aromatic heterocycles. The first-order valence-electron chi connectivity index (χ1n) is 5.62. The molecule has 0 amide bonds. The average Bonchev–Trinajstić information content (AvgIpc) is 2.70. The number of allylic oxidation sites excluding steroid dienone is 3. The van der Waals surface area contributed by atoms with Crippen molar-refractivity contribution in [2.75, 3.05) is 6.67 Å². The van der Waals surface area contributed by atoms with E-state index < -0.39 is 35.0 Å². The molecule has 0 spiro atoms. The molecule has 0 saturated heterocycles. The predicted octanol–water partition coefficient (Wildman–Crippen LogP) is 1.33. The maximum atomic E-state index is 12.9. The van der Waals surface area contributed by atoms with Gasteiger partial charge in [-0.25, -0.2) is 9.38 Å². The molecular formula is C12H14FNO3S. The zero-order valence-electron chi connectivity index (χ0n) is 10.1. The van der Waals surface area contributed by atoms with Gasteiger partial charge in [0.25, 0.3) is 0 Å². The summed E-state index contributed by atoms with van der Waals surface area (Å²) < 4.78 is 40.8. The van der Waals surface area contributed by atoms with Crippen molar-refractivity contribution in [2.24, 2.45) is 10.9 Å². The van der Waals surface area contributed by atoms with Crippen molar-refractivity contribution in [3.05, 3.63) is 23.8 Å². The fourth-order valence-electron chi connectivity index (χ4n) is 2.20. The highest BCUT2D eigenvalue weighted by atomic mass is 32.2. The third-order valence-electron chi connectivity index (χ3n) is 3.00. The van der Waals surface area contributed by atoms with E-state index >= 15 is 0 Å². The van der Waals surface area contributed by atoms with Gasteiger partial charge in [0.1, 0.15) is 18.8 Å². The lowest BCUT2D eigenvalue weighted by molar-refractivity contribution is 0.158. The molecule has 4 nitrogen and oxygen atoms in total. The molecule has 0 saturated carbocycles. The van der Waals surface area contributed by atoms with Gasteiger partial charge in [-0.2, -0.15) is 8.42 Å². The third kappa shape index (κ3) is 2.38. The van der Waals surface area contributed by atoms with Crippen LogP contribution in [0.15, 0.2) is 28.8 Å². The van der Waals surface area contributed by atoms with Crippen LogP contribution in [-0.4, -0.2) is 38.0 Å². The summed E-state index contributed by atoms with van der Waals surface area (Å²) in [4.78, 5) is 4.25. The van der Waals surface area contributed by atoms with Gasteiger partial charge in [-0.1, -0.05) is 17.7 Å². The molecule has 18 heavy (non-hydrogen) atoms. The second-order valence-corrected chi connectivity index (χ2v) is 5.30. The van der Waals surface area contributed by atoms with E-state index in [4.69, 9.17) is 4.74 Å². The van der Waals surface area contributed by atoms with E-state index in [1.54, 1.807) is 19.1 Å². The summed E-state index contributed by atoms with van der Waals surface area (Å²) in [5.41, 5.74) is 0.845. The maximum Gasteiger partial charge on any atom is 0.218 e. The van der Waals surface area contributed by atoms with Crippen molar-refractivity contribution in [1.29, 1.82) is 0 Å². The fraction of sp³-hybridized carbons (Fsp3) is 0.500. The van der Waals surface area contributed by atoms with Crippen LogP contribution in [0.3, 0.4) is 0 Å². The van der Waals surface area contributed by atoms with Crippen LogP contribution in [0, 0.1) is 5.92 Å². The SMILES string of the molecule is CC1=CC(=S(=O)=O)C([C@H]2OC(C)=N[C@@H]2CF)C=C1. The molecule has 3 atom stereocenters. The number of halogens is 1. The molecule has 1 heterocycles. The first kappa shape index (κ1) is 13.0. The van der Waals surface area contributed by atoms with E-state index in [9.17, 15) is 12.8 Å². The lowest BCUT2D eigenvalue weighted by Gasteiger charge is -2.24. The molecule has 1 aliphatic heterocycles. The van der Waals surface area contributed by atoms with Gasteiger partial charge >= 0.3 is 0 Å². The Morgan fingerprint density at radius 3 is 2.78 bits per heavy atom. The lowest BCUT2D eigenvalue weighted by Crippen LogP contribution is -2.36. The Balaban J connectivity index is 2.35. The van der Waals surface area contributed by atoms with Crippen molar-refractivity contribution in [3.8, 4) is 0 Å². The Hall–Kier alpha value is -1.43. The molecular weight excluding hydrogens is 257 g/mol. The fourth-order valence-corrected chi connectivity index (χ4v) is 2.91. The Morgan fingerprint density at radius 1 is 1.44 bits per heavy atom. The number of hydrogen-bond donors (Lipinski definition) is 0. The molecule has 1 unspecified atom stereocenters. The minimum absolute atomic E-state index is 0.225. The number of ether oxygens (including phenoxy) is 1. The molecule has 6 heteroatoms. The molecule has 2 rings (SSSR count). The van der Waals surface area contributed by atoms with Crippen LogP contribution < -0.4 is 0 Å². The zero-order chi connectivity index (χ0) is 13.3. The van der Waals surface area contributed by atoms with E-state index in [1.807, 2.05) is 13.0 Å². The average molecular weight is 271 g/mol. The molecule has 98 valence electrons. The molecule has 0 aromatic carbocycles. The first-order chi connectivity index (χ1) is 8.52. The van der Waals surface area contributed by atoms with Gasteiger partial charge in [0.2, 0.25) is 10.3 Å². The van der Waals surface area contributed by atoms with Crippen molar-refractivity contribution in [2.45, 2.75) is 26.0 Å². The monoisotopic (exact) mass is 271 g/mol. The van der Waals surface area contributed by atoms with Gasteiger partial charge in [-0.3, -0.25) is 0 Å². The number of hydrogen-bond acceptors (Lipinski definition) is 4. The molecule has 2 aliphatic rings. The normalized spacial score (nSPS) is 30.8. The molecule has 0 fully saturated rings. The largest absolute Gasteiger partial charge is 0.475 e. The van der Waals surface area contributed by atoms with Gasteiger partial charge < -0.3 is 4.74 Å². The summed E-state index contributed by atoms with van der Waals surface area (Å²) in [6, 6.07) is -0.634. The number of aliphatic imine (C=N–C) groups is 1. The van der Waals surface area contributed by atoms with Crippen LogP contribution in [0.5, 0.6) is 0 Å². The van der Waals surface area contributed by atoms with Gasteiger partial charge in [0.05, 0.1) is 10.8 Å². The van der Waals surface area contributed by atoms with E-state index in [-0.39, 0.29) is 4.86 Å². The molecule has 0 aromatic rings. The highest BCUT2D eigenvalue weighted by molar-refractivity contribution is 7.73. The number of alkyl halides is 1. The smallest absolute Gasteiger partial charge is 0.218 e. The topological polar surface area (TPSA) is 55.7 Å². The standard InChI is InChI=1S/C12H14FNO3S/c1-7-3-4-9(11(5-7)18(15)16)12-10(6-13)14-8(2)17-12/h3-5,9-10,12H,6H2,1-2H3/t9?,10-,12-/m1/s1. The van der Waals surface area contributed by atoms with Crippen LogP contribution >= 0.6 is 0 Å². The highest BCUT2D eigenvalue weighted by Gasteiger charge is 2.38. The maximum absolute atomic E-state index is 12.9. The second kappa shape index (κ2) is 5.06. The van der Waals surface area contributed by atoms with E-state index in [1.165, 1.54) is 0 Å². The summed E-state index contributed by atoms with van der Waals surface area (Å²) in [6.45, 7) is 2.79. The van der Waals surface area contributed by atoms with Crippen molar-refractivity contribution in [1.82, 2.24) is 0 Å². The van der Waals surface area contributed by atoms with Gasteiger partial charge in [-0.05, 0) is 13.0 Å². The van der Waals surface area contributed by atoms with Crippen LogP contribution in [0.1, 0.15) is 13.8 Å². The minimum Gasteiger partial charge on any atom is -0.475 e. The number of rotatable bonds is 2. The van der Waals surface area contributed by atoms with Crippen LogP contribution in [-0.2, 0) is 15.0 Å². The summed E-state index contributed by atoms with van der Waals surface area (Å²) >= 11 is 0. The lowest BCUT2D eigenvalue weighted by atomic mass is 9.89. The van der Waals surface area contributed by atoms with E-state index in [0.717, 1.165) is 5.57 Å². The van der Waals surface area contributed by atoms with Crippen LogP contribution in [0.2, 0.25) is 0 Å². The Labute approximate surface area is 106 Å². The highest BCUT2D eigenvalue weighted by Crippen LogP contribution is 2.27. The first-order valence-corrected chi connectivity index (χ1v) is 6.70. The Morgan fingerprint density at radius 2 is 2.17 bits per heavy atom. The van der Waals surface area contributed by atoms with Crippen molar-refractivity contribution < 1.29 is 17.5 Å². The quantitative estimate of drug-likeness (QED) is 0.712. The van der Waals surface area contributed by atoms with E-state index in [0.29, 0.717) is 5.90 Å². The summed E-state index contributed by atoms with van der Waals surface area (Å²) in [6.07, 6.45) is 4.55. The van der Waals surface area contributed by atoms with Crippen LogP contribution in [0.4, 0.5) is 4.39 Å². The molecule has 1 aliphatic carbocycles. The van der Waals surface area contributed by atoms with Gasteiger partial charge in [0.15, 0.2) is 5.90 Å². The van der Waals surface area contributed by atoms with Gasteiger partial charge in [-0.15, -0.1) is 0 Å². The summed E-state index contributed by atoms with van der Waals surface area (Å²) in [7, 11) is -2.34. The summed E-state index contributed by atoms with van der Waals surface area (Å²) in [5, 5.41) is 0. The Bertz CT molecular complexity index is 566. The van der Waals surface area contributed by atoms with Crippen molar-refractivity contribution >= 4 is 21.1 Å². The second-order valence-electron chi connectivity index (χ2n) is 4.36. The van der Waals surface area contributed by atoms with Gasteiger partial charge in [0, 0.05) is 6.92 Å². The van der Waals surface area contributed by atoms with Crippen LogP contribution in [0.25, 0.3) is 0 Å². The van der Waals surface area contributed by atoms with E-state index in [2.05, 4.69) is 4.99 Å². The number of nitrogens with zero attached hydrogens (tertiary/aromatic N) is 1. The van der Waals surface area contributed by atoms with Crippen molar-refractivity contribution in [3.63, 3.8) is 0 Å². The Kier molecular flexibility index (Phi) is 3.65. The molecule has 0 N–H and O–H groups in total. The zero-order valence-corrected chi connectivity index (χ0v) is 10.9.